The first kappa shape index (κ1) is 33.2. The quantitative estimate of drug-likeness (QED) is 0.158. The zero-order valence-corrected chi connectivity index (χ0v) is 31.9. The van der Waals surface area contributed by atoms with Crippen LogP contribution in [0.2, 0.25) is 0 Å². The van der Waals surface area contributed by atoms with Gasteiger partial charge in [-0.25, -0.2) is 0 Å². The first-order valence-corrected chi connectivity index (χ1v) is 20.3. The SMILES string of the molecule is c1ccc(-c2ccccc2-c2c(-c3ccccc3)cccc2N(c2ccccc2-n2c3ccccc3c3ccccc32)c2cccc3c2sc2ccccc23)cc1. The number of aromatic nitrogens is 1. The Morgan fingerprint density at radius 3 is 1.56 bits per heavy atom. The van der Waals surface area contributed by atoms with Crippen LogP contribution in [0.15, 0.2) is 218 Å². The molecule has 0 fully saturated rings. The molecule has 0 saturated heterocycles. The highest BCUT2D eigenvalue weighted by molar-refractivity contribution is 7.26. The van der Waals surface area contributed by atoms with E-state index in [-0.39, 0.29) is 0 Å². The van der Waals surface area contributed by atoms with Crippen molar-refractivity contribution in [3.8, 4) is 39.1 Å². The van der Waals surface area contributed by atoms with E-state index >= 15 is 0 Å². The second-order valence-electron chi connectivity index (χ2n) is 14.4. The highest BCUT2D eigenvalue weighted by Crippen LogP contribution is 2.52. The molecule has 3 heteroatoms. The smallest absolute Gasteiger partial charge is 0.0703 e. The molecule has 0 aliphatic rings. The number of fused-ring (bicyclic) bond motifs is 6. The number of anilines is 3. The minimum absolute atomic E-state index is 1.10. The lowest BCUT2D eigenvalue weighted by molar-refractivity contribution is 1.15. The average molecular weight is 745 g/mol. The van der Waals surface area contributed by atoms with Crippen molar-refractivity contribution in [1.82, 2.24) is 4.57 Å². The molecule has 0 saturated carbocycles. The zero-order valence-electron chi connectivity index (χ0n) is 31.1. The van der Waals surface area contributed by atoms with Gasteiger partial charge in [0.25, 0.3) is 0 Å². The molecule has 0 amide bonds. The monoisotopic (exact) mass is 744 g/mol. The van der Waals surface area contributed by atoms with Gasteiger partial charge in [-0.1, -0.05) is 176 Å². The van der Waals surface area contributed by atoms with Crippen molar-refractivity contribution in [2.75, 3.05) is 4.90 Å². The van der Waals surface area contributed by atoms with Gasteiger partial charge in [0.15, 0.2) is 0 Å². The molecule has 11 rings (SSSR count). The molecule has 0 spiro atoms. The Hall–Kier alpha value is -7.20. The van der Waals surface area contributed by atoms with Crippen molar-refractivity contribution in [3.63, 3.8) is 0 Å². The van der Waals surface area contributed by atoms with E-state index in [0.717, 1.165) is 22.7 Å². The van der Waals surface area contributed by atoms with Gasteiger partial charge in [-0.15, -0.1) is 11.3 Å². The van der Waals surface area contributed by atoms with Crippen molar-refractivity contribution in [1.29, 1.82) is 0 Å². The Morgan fingerprint density at radius 1 is 0.333 bits per heavy atom. The van der Waals surface area contributed by atoms with Crippen molar-refractivity contribution in [2.24, 2.45) is 0 Å². The maximum Gasteiger partial charge on any atom is 0.0703 e. The fourth-order valence-electron chi connectivity index (χ4n) is 8.76. The van der Waals surface area contributed by atoms with E-state index in [1.54, 1.807) is 0 Å². The number of para-hydroxylation sites is 4. The molecule has 268 valence electrons. The second-order valence-corrected chi connectivity index (χ2v) is 15.5. The molecule has 11 aromatic rings. The minimum atomic E-state index is 1.10. The van der Waals surface area contributed by atoms with Gasteiger partial charge in [0.05, 0.1) is 38.5 Å². The summed E-state index contributed by atoms with van der Waals surface area (Å²) in [6.45, 7) is 0. The minimum Gasteiger partial charge on any atom is -0.307 e. The molecule has 0 aliphatic carbocycles. The fraction of sp³-hybridized carbons (Fsp3) is 0. The van der Waals surface area contributed by atoms with Crippen LogP contribution in [0.4, 0.5) is 17.1 Å². The van der Waals surface area contributed by atoms with E-state index in [0.29, 0.717) is 0 Å². The molecule has 0 aliphatic heterocycles. The average Bonchev–Trinajstić information content (AvgIpc) is 3.84. The standard InChI is InChI=1S/C54H36N2S/c1-3-19-37(20-4-1)39-23-7-8-27-44(39)53-40(38-21-5-2-6-22-38)28-17-34-50(53)56(51-35-18-29-45-43-26-11-16-36-52(43)57-54(45)51)49-33-15-14-32-48(49)55-46-30-12-9-24-41(46)42-25-10-13-31-47(42)55/h1-36H. The van der Waals surface area contributed by atoms with Crippen LogP contribution in [0.25, 0.3) is 81.0 Å². The van der Waals surface area contributed by atoms with E-state index in [9.17, 15) is 0 Å². The van der Waals surface area contributed by atoms with Crippen molar-refractivity contribution >= 4 is 70.4 Å². The van der Waals surface area contributed by atoms with Crippen LogP contribution < -0.4 is 4.90 Å². The topological polar surface area (TPSA) is 8.17 Å². The van der Waals surface area contributed by atoms with Gasteiger partial charge in [0.2, 0.25) is 0 Å². The van der Waals surface area contributed by atoms with Gasteiger partial charge in [0, 0.05) is 31.8 Å². The molecular formula is C54H36N2S. The summed E-state index contributed by atoms with van der Waals surface area (Å²) in [6, 6.07) is 79.5. The van der Waals surface area contributed by atoms with Crippen LogP contribution in [0.5, 0.6) is 0 Å². The summed E-state index contributed by atoms with van der Waals surface area (Å²) in [5.74, 6) is 0. The number of hydrogen-bond donors (Lipinski definition) is 0. The summed E-state index contributed by atoms with van der Waals surface area (Å²) in [4.78, 5) is 2.54. The molecular weight excluding hydrogens is 709 g/mol. The molecule has 0 N–H and O–H groups in total. The molecule has 0 bridgehead atoms. The number of hydrogen-bond acceptors (Lipinski definition) is 2. The molecule has 9 aromatic carbocycles. The number of benzene rings is 9. The molecule has 2 aromatic heterocycles. The van der Waals surface area contributed by atoms with Crippen molar-refractivity contribution < 1.29 is 0 Å². The lowest BCUT2D eigenvalue weighted by Gasteiger charge is -2.32. The number of nitrogens with zero attached hydrogens (tertiary/aromatic N) is 2. The van der Waals surface area contributed by atoms with Gasteiger partial charge in [-0.2, -0.15) is 0 Å². The third-order valence-electron chi connectivity index (χ3n) is 11.2. The highest BCUT2D eigenvalue weighted by Gasteiger charge is 2.27. The normalized spacial score (nSPS) is 11.5. The van der Waals surface area contributed by atoms with E-state index in [1.165, 1.54) is 75.4 Å². The van der Waals surface area contributed by atoms with Gasteiger partial charge in [-0.3, -0.25) is 0 Å². The second kappa shape index (κ2) is 13.8. The third kappa shape index (κ3) is 5.47. The van der Waals surface area contributed by atoms with Gasteiger partial charge >= 0.3 is 0 Å². The molecule has 2 nitrogen and oxygen atoms in total. The maximum atomic E-state index is 2.54. The summed E-state index contributed by atoms with van der Waals surface area (Å²) >= 11 is 1.87. The van der Waals surface area contributed by atoms with Crippen LogP contribution in [0.3, 0.4) is 0 Å². The third-order valence-corrected chi connectivity index (χ3v) is 12.4. The molecule has 0 radical (unpaired) electrons. The maximum absolute atomic E-state index is 2.54. The first-order chi connectivity index (χ1) is 28.3. The summed E-state index contributed by atoms with van der Waals surface area (Å²) in [5, 5.41) is 5.02. The Morgan fingerprint density at radius 2 is 0.825 bits per heavy atom. The summed E-state index contributed by atoms with van der Waals surface area (Å²) in [7, 11) is 0. The summed E-state index contributed by atoms with van der Waals surface area (Å²) in [6.07, 6.45) is 0. The van der Waals surface area contributed by atoms with E-state index < -0.39 is 0 Å². The van der Waals surface area contributed by atoms with E-state index in [2.05, 4.69) is 228 Å². The van der Waals surface area contributed by atoms with Crippen LogP contribution in [-0.4, -0.2) is 4.57 Å². The Balaban J connectivity index is 1.29. The molecule has 0 atom stereocenters. The van der Waals surface area contributed by atoms with Gasteiger partial charge in [-0.05, 0) is 70.3 Å². The van der Waals surface area contributed by atoms with Gasteiger partial charge in [0.1, 0.15) is 0 Å². The largest absolute Gasteiger partial charge is 0.307 e. The van der Waals surface area contributed by atoms with Crippen LogP contribution in [-0.2, 0) is 0 Å². The van der Waals surface area contributed by atoms with Crippen LogP contribution in [0, 0.1) is 0 Å². The summed E-state index contributed by atoms with van der Waals surface area (Å²) < 4.78 is 4.99. The van der Waals surface area contributed by atoms with Crippen LogP contribution >= 0.6 is 11.3 Å². The molecule has 57 heavy (non-hydrogen) atoms. The van der Waals surface area contributed by atoms with Crippen molar-refractivity contribution in [2.45, 2.75) is 0 Å². The predicted molar refractivity (Wildman–Crippen MR) is 245 cm³/mol. The van der Waals surface area contributed by atoms with Gasteiger partial charge < -0.3 is 9.47 Å². The lowest BCUT2D eigenvalue weighted by atomic mass is 9.87. The first-order valence-electron chi connectivity index (χ1n) is 19.4. The van der Waals surface area contributed by atoms with Crippen molar-refractivity contribution in [3.05, 3.63) is 218 Å². The molecule has 0 unspecified atom stereocenters. The lowest BCUT2D eigenvalue weighted by Crippen LogP contribution is -2.15. The van der Waals surface area contributed by atoms with E-state index in [4.69, 9.17) is 0 Å². The fourth-order valence-corrected chi connectivity index (χ4v) is 9.97. The molecule has 2 heterocycles. The Kier molecular flexibility index (Phi) is 8.04. The Labute approximate surface area is 335 Å². The predicted octanol–water partition coefficient (Wildman–Crippen LogP) is 15.6. The summed E-state index contributed by atoms with van der Waals surface area (Å²) in [5.41, 5.74) is 13.9. The highest BCUT2D eigenvalue weighted by atomic mass is 32.1. The Bertz CT molecular complexity index is 3190. The number of thiophene rings is 1. The zero-order chi connectivity index (χ0) is 37.7. The number of rotatable bonds is 7. The van der Waals surface area contributed by atoms with E-state index in [1.807, 2.05) is 11.3 Å². The van der Waals surface area contributed by atoms with Crippen LogP contribution in [0.1, 0.15) is 0 Å².